The summed E-state index contributed by atoms with van der Waals surface area (Å²) in [5.41, 5.74) is 13.4. The fourth-order valence-electron chi connectivity index (χ4n) is 3.89. The van der Waals surface area contributed by atoms with Crippen LogP contribution in [-0.4, -0.2) is 24.7 Å². The molecule has 0 saturated carbocycles. The predicted molar refractivity (Wildman–Crippen MR) is 125 cm³/mol. The number of allylic oxidation sites excluding steroid dienone is 3. The lowest BCUT2D eigenvalue weighted by Crippen LogP contribution is -2.05. The standard InChI is InChI=1S/C25H24BN3/c1-17-9-10-19(22-7-4-3-6-21(17)22)11-12-20-16-18(2)25(28-20)23(13-14-27)24-8-5-15-29(24)26/h3-12,15-16H,13-14,27H2,1-2H3/b12-11+,25-23-. The predicted octanol–water partition coefficient (Wildman–Crippen LogP) is 5.06. The molecule has 4 rings (SSSR count). The van der Waals surface area contributed by atoms with Crippen molar-refractivity contribution in [3.63, 3.8) is 0 Å². The van der Waals surface area contributed by atoms with Crippen molar-refractivity contribution in [3.05, 3.63) is 95.0 Å². The molecule has 0 spiro atoms. The second-order valence-corrected chi connectivity index (χ2v) is 7.38. The number of nitrogens with two attached hydrogens (primary N) is 1. The minimum Gasteiger partial charge on any atom is -0.403 e. The summed E-state index contributed by atoms with van der Waals surface area (Å²) in [7, 11) is 6.08. The van der Waals surface area contributed by atoms with E-state index in [0.717, 1.165) is 34.7 Å². The van der Waals surface area contributed by atoms with E-state index in [1.807, 2.05) is 18.3 Å². The van der Waals surface area contributed by atoms with Crippen LogP contribution in [0.4, 0.5) is 0 Å². The summed E-state index contributed by atoms with van der Waals surface area (Å²) in [5.74, 6) is 0. The van der Waals surface area contributed by atoms with Gasteiger partial charge in [-0.3, -0.25) is 0 Å². The first-order valence-electron chi connectivity index (χ1n) is 9.88. The van der Waals surface area contributed by atoms with Gasteiger partial charge in [0.15, 0.2) is 0 Å². The number of aromatic nitrogens is 1. The van der Waals surface area contributed by atoms with Gasteiger partial charge in [-0.1, -0.05) is 42.5 Å². The quantitative estimate of drug-likeness (QED) is 0.621. The molecule has 2 N–H and O–H groups in total. The van der Waals surface area contributed by atoms with Crippen LogP contribution in [0.25, 0.3) is 22.4 Å². The van der Waals surface area contributed by atoms with Gasteiger partial charge in [-0.2, -0.15) is 0 Å². The van der Waals surface area contributed by atoms with Crippen molar-refractivity contribution >= 4 is 36.1 Å². The van der Waals surface area contributed by atoms with Gasteiger partial charge < -0.3 is 10.2 Å². The molecule has 0 atom stereocenters. The summed E-state index contributed by atoms with van der Waals surface area (Å²) in [5, 5.41) is 2.54. The molecule has 0 fully saturated rings. The third-order valence-corrected chi connectivity index (χ3v) is 5.36. The Morgan fingerprint density at radius 2 is 1.83 bits per heavy atom. The van der Waals surface area contributed by atoms with Crippen molar-refractivity contribution in [1.82, 2.24) is 4.48 Å². The zero-order valence-electron chi connectivity index (χ0n) is 16.9. The van der Waals surface area contributed by atoms with E-state index in [2.05, 4.69) is 68.5 Å². The first kappa shape index (κ1) is 19.2. The van der Waals surface area contributed by atoms with Crippen LogP contribution in [-0.2, 0) is 0 Å². The number of aliphatic imine (C=N–C) groups is 1. The van der Waals surface area contributed by atoms with E-state index in [1.54, 1.807) is 4.48 Å². The van der Waals surface area contributed by atoms with E-state index in [4.69, 9.17) is 18.7 Å². The van der Waals surface area contributed by atoms with Crippen molar-refractivity contribution in [1.29, 1.82) is 0 Å². The third-order valence-electron chi connectivity index (χ3n) is 5.36. The molecule has 0 aliphatic carbocycles. The summed E-state index contributed by atoms with van der Waals surface area (Å²) < 4.78 is 1.63. The summed E-state index contributed by atoms with van der Waals surface area (Å²) >= 11 is 0. The molecular formula is C25H24BN3. The van der Waals surface area contributed by atoms with Crippen LogP contribution in [0.5, 0.6) is 0 Å². The Hall–Kier alpha value is -3.11. The summed E-state index contributed by atoms with van der Waals surface area (Å²) in [6.45, 7) is 4.78. The molecule has 0 amide bonds. The van der Waals surface area contributed by atoms with Gasteiger partial charge in [0.05, 0.1) is 11.4 Å². The lowest BCUT2D eigenvalue weighted by molar-refractivity contribution is 0.997. The van der Waals surface area contributed by atoms with Gasteiger partial charge in [0, 0.05) is 11.3 Å². The maximum absolute atomic E-state index is 6.08. The molecule has 1 aliphatic rings. The van der Waals surface area contributed by atoms with Gasteiger partial charge in [0.25, 0.3) is 0 Å². The van der Waals surface area contributed by atoms with Crippen molar-refractivity contribution in [2.24, 2.45) is 10.7 Å². The number of fused-ring (bicyclic) bond motifs is 1. The van der Waals surface area contributed by atoms with E-state index in [0.29, 0.717) is 6.54 Å². The smallest absolute Gasteiger partial charge is 0.234 e. The Bertz CT molecular complexity index is 1190. The van der Waals surface area contributed by atoms with Crippen molar-refractivity contribution in [3.8, 4) is 0 Å². The highest BCUT2D eigenvalue weighted by Gasteiger charge is 2.17. The Kier molecular flexibility index (Phi) is 5.37. The lowest BCUT2D eigenvalue weighted by atomic mass is 10.00. The fraction of sp³-hybridized carbons (Fsp3) is 0.160. The Morgan fingerprint density at radius 1 is 1.03 bits per heavy atom. The average Bonchev–Trinajstić information content (AvgIpc) is 3.31. The zero-order chi connectivity index (χ0) is 20.4. The third kappa shape index (κ3) is 3.76. The summed E-state index contributed by atoms with van der Waals surface area (Å²) in [6, 6.07) is 16.8. The molecule has 1 aliphatic heterocycles. The number of aryl methyl sites for hydroxylation is 1. The number of rotatable bonds is 5. The van der Waals surface area contributed by atoms with Gasteiger partial charge in [-0.25, -0.2) is 4.99 Å². The minimum atomic E-state index is 0.549. The SMILES string of the molecule is [B]n1cccc1/C(CCN)=C1N=C(/C=C/c2ccc(C)c3ccccc23)C=C\1C. The lowest BCUT2D eigenvalue weighted by Gasteiger charge is -2.11. The van der Waals surface area contributed by atoms with Crippen molar-refractivity contribution < 1.29 is 0 Å². The van der Waals surface area contributed by atoms with Crippen LogP contribution >= 0.6 is 0 Å². The second-order valence-electron chi connectivity index (χ2n) is 7.38. The molecule has 3 nitrogen and oxygen atoms in total. The molecule has 29 heavy (non-hydrogen) atoms. The van der Waals surface area contributed by atoms with Crippen LogP contribution < -0.4 is 5.73 Å². The van der Waals surface area contributed by atoms with E-state index in [-0.39, 0.29) is 0 Å². The number of hydrogen-bond acceptors (Lipinski definition) is 2. The fourth-order valence-corrected chi connectivity index (χ4v) is 3.89. The van der Waals surface area contributed by atoms with Gasteiger partial charge in [0.2, 0.25) is 7.98 Å². The molecule has 2 aromatic carbocycles. The topological polar surface area (TPSA) is 43.3 Å². The van der Waals surface area contributed by atoms with E-state index in [9.17, 15) is 0 Å². The molecule has 142 valence electrons. The second kappa shape index (κ2) is 8.10. The van der Waals surface area contributed by atoms with Crippen LogP contribution in [0.15, 0.2) is 83.1 Å². The molecule has 0 saturated heterocycles. The molecule has 2 radical (unpaired) electrons. The van der Waals surface area contributed by atoms with Crippen LogP contribution in [0.3, 0.4) is 0 Å². The molecular weight excluding hydrogens is 353 g/mol. The average molecular weight is 377 g/mol. The van der Waals surface area contributed by atoms with Crippen LogP contribution in [0, 0.1) is 6.92 Å². The highest BCUT2D eigenvalue weighted by molar-refractivity contribution is 6.12. The van der Waals surface area contributed by atoms with Crippen molar-refractivity contribution in [2.45, 2.75) is 20.3 Å². The first-order chi connectivity index (χ1) is 14.1. The Morgan fingerprint density at radius 3 is 2.55 bits per heavy atom. The molecule has 3 aromatic rings. The highest BCUT2D eigenvalue weighted by atomic mass is 14.9. The number of benzene rings is 2. The van der Waals surface area contributed by atoms with Crippen molar-refractivity contribution in [2.75, 3.05) is 6.54 Å². The molecule has 1 aromatic heterocycles. The summed E-state index contributed by atoms with van der Waals surface area (Å²) in [6.07, 6.45) is 8.90. The number of nitrogens with zero attached hydrogens (tertiary/aromatic N) is 2. The van der Waals surface area contributed by atoms with Gasteiger partial charge in [-0.05, 0) is 84.8 Å². The minimum absolute atomic E-state index is 0.549. The van der Waals surface area contributed by atoms with E-state index >= 15 is 0 Å². The normalized spacial score (nSPS) is 15.8. The Balaban J connectivity index is 1.73. The van der Waals surface area contributed by atoms with E-state index in [1.165, 1.54) is 21.9 Å². The first-order valence-corrected chi connectivity index (χ1v) is 9.88. The highest BCUT2D eigenvalue weighted by Crippen LogP contribution is 2.31. The van der Waals surface area contributed by atoms with Gasteiger partial charge in [-0.15, -0.1) is 0 Å². The maximum Gasteiger partial charge on any atom is 0.234 e. The van der Waals surface area contributed by atoms with Gasteiger partial charge >= 0.3 is 0 Å². The molecule has 2 heterocycles. The van der Waals surface area contributed by atoms with E-state index < -0.39 is 0 Å². The Labute approximate surface area is 173 Å². The number of hydrogen-bond donors (Lipinski definition) is 1. The van der Waals surface area contributed by atoms with Crippen LogP contribution in [0.1, 0.15) is 30.2 Å². The molecule has 0 bridgehead atoms. The molecule has 0 unspecified atom stereocenters. The largest absolute Gasteiger partial charge is 0.403 e. The maximum atomic E-state index is 6.08. The molecule has 4 heteroatoms. The van der Waals surface area contributed by atoms with Gasteiger partial charge in [0.1, 0.15) is 0 Å². The summed E-state index contributed by atoms with van der Waals surface area (Å²) in [4.78, 5) is 4.89. The zero-order valence-corrected chi connectivity index (χ0v) is 16.9. The monoisotopic (exact) mass is 377 g/mol. The van der Waals surface area contributed by atoms with Crippen LogP contribution in [0.2, 0.25) is 0 Å².